The largest absolute Gasteiger partial charge is 0.0972 e. The zero-order valence-corrected chi connectivity index (χ0v) is 16.0. The minimum absolute atomic E-state index is 0.924. The lowest BCUT2D eigenvalue weighted by Gasteiger charge is -2.09. The summed E-state index contributed by atoms with van der Waals surface area (Å²) in [5.74, 6) is 13.4. The van der Waals surface area contributed by atoms with Gasteiger partial charge in [0.2, 0.25) is 0 Å². The van der Waals surface area contributed by atoms with Crippen molar-refractivity contribution in [3.05, 3.63) is 77.4 Å². The minimum atomic E-state index is 0.924. The molecule has 0 heteroatoms. The smallest absolute Gasteiger partial charge is 0.0828 e. The molecule has 2 rings (SSSR count). The van der Waals surface area contributed by atoms with Crippen molar-refractivity contribution < 1.29 is 0 Å². The highest BCUT2D eigenvalue weighted by molar-refractivity contribution is 5.87. The van der Waals surface area contributed by atoms with Gasteiger partial charge in [0.25, 0.3) is 0 Å². The highest BCUT2D eigenvalue weighted by Gasteiger charge is 2.09. The molecule has 0 fully saturated rings. The lowest BCUT2D eigenvalue weighted by atomic mass is 9.93. The fraction of sp³-hybridized carbons (Fsp3) is 0.308. The first-order valence-corrected chi connectivity index (χ1v) is 9.69. The van der Waals surface area contributed by atoms with E-state index in [1.807, 2.05) is 12.1 Å². The molecule has 2 aromatic carbocycles. The third-order valence-corrected chi connectivity index (χ3v) is 4.11. The predicted molar refractivity (Wildman–Crippen MR) is 114 cm³/mol. The van der Waals surface area contributed by atoms with Crippen molar-refractivity contribution in [3.8, 4) is 23.7 Å². The molecule has 0 N–H and O–H groups in total. The average Bonchev–Trinajstić information content (AvgIpc) is 2.70. The maximum Gasteiger partial charge on any atom is 0.0828 e. The van der Waals surface area contributed by atoms with Crippen molar-refractivity contribution in [2.45, 2.75) is 52.4 Å². The second-order valence-corrected chi connectivity index (χ2v) is 6.29. The van der Waals surface area contributed by atoms with Gasteiger partial charge in [-0.25, -0.2) is 0 Å². The molecule has 0 bridgehead atoms. The summed E-state index contributed by atoms with van der Waals surface area (Å²) in [4.78, 5) is 0. The van der Waals surface area contributed by atoms with Crippen LogP contribution in [0.1, 0.15) is 63.5 Å². The zero-order chi connectivity index (χ0) is 18.5. The quantitative estimate of drug-likeness (QED) is 0.397. The Hall–Kier alpha value is -2.70. The van der Waals surface area contributed by atoms with E-state index in [-0.39, 0.29) is 0 Å². The second-order valence-electron chi connectivity index (χ2n) is 6.29. The van der Waals surface area contributed by atoms with Crippen LogP contribution in [0.4, 0.5) is 0 Å². The van der Waals surface area contributed by atoms with Crippen LogP contribution >= 0.6 is 0 Å². The second kappa shape index (κ2) is 11.8. The zero-order valence-electron chi connectivity index (χ0n) is 16.0. The maximum absolute atomic E-state index is 3.38. The third kappa shape index (κ3) is 6.31. The molecule has 0 aliphatic rings. The van der Waals surface area contributed by atoms with Crippen molar-refractivity contribution in [3.63, 3.8) is 0 Å². The molecule has 0 aliphatic heterocycles. The molecule has 0 atom stereocenters. The third-order valence-electron chi connectivity index (χ3n) is 4.11. The van der Waals surface area contributed by atoms with Gasteiger partial charge in [-0.2, -0.15) is 0 Å². The number of benzene rings is 2. The van der Waals surface area contributed by atoms with Gasteiger partial charge in [0, 0.05) is 18.4 Å². The van der Waals surface area contributed by atoms with E-state index >= 15 is 0 Å². The summed E-state index contributed by atoms with van der Waals surface area (Å²) in [6, 6.07) is 21.0. The van der Waals surface area contributed by atoms with Crippen LogP contribution in [0.25, 0.3) is 5.57 Å². The Morgan fingerprint density at radius 1 is 0.654 bits per heavy atom. The Balaban J connectivity index is 2.55. The minimum Gasteiger partial charge on any atom is -0.0972 e. The van der Waals surface area contributed by atoms with E-state index in [9.17, 15) is 0 Å². The van der Waals surface area contributed by atoms with E-state index < -0.39 is 0 Å². The van der Waals surface area contributed by atoms with Crippen molar-refractivity contribution >= 4 is 5.57 Å². The van der Waals surface area contributed by atoms with Gasteiger partial charge in [-0.15, -0.1) is 0 Å². The maximum atomic E-state index is 3.38. The highest BCUT2D eigenvalue weighted by atomic mass is 14.1. The molecular formula is C26H28. The Kier molecular flexibility index (Phi) is 8.89. The molecule has 0 unspecified atom stereocenters. The molecule has 0 aliphatic carbocycles. The van der Waals surface area contributed by atoms with Crippen molar-refractivity contribution in [2.75, 3.05) is 0 Å². The van der Waals surface area contributed by atoms with E-state index in [4.69, 9.17) is 0 Å². The SMILES string of the molecule is CCCCC#CC(C#CCCCC)=C(c1ccccc1)c1ccccc1. The summed E-state index contributed by atoms with van der Waals surface area (Å²) >= 11 is 0. The van der Waals surface area contributed by atoms with Crippen LogP contribution in [-0.2, 0) is 0 Å². The Bertz CT molecular complexity index is 733. The van der Waals surface area contributed by atoms with Crippen LogP contribution < -0.4 is 0 Å². The molecule has 0 heterocycles. The van der Waals surface area contributed by atoms with Crippen molar-refractivity contribution in [1.82, 2.24) is 0 Å². The van der Waals surface area contributed by atoms with Crippen LogP contribution in [0.2, 0.25) is 0 Å². The molecule has 2 aromatic rings. The molecular weight excluding hydrogens is 312 g/mol. The van der Waals surface area contributed by atoms with Crippen LogP contribution in [0.15, 0.2) is 66.2 Å². The summed E-state index contributed by atoms with van der Waals surface area (Å²) in [6.45, 7) is 4.39. The standard InChI is InChI=1S/C26H28/c1-3-5-7-11-17-23(18-12-8-6-4-2)26(24-19-13-9-14-20-24)25-21-15-10-16-22-25/h9-10,13-16,19-22H,3-8H2,1-2H3. The number of rotatable bonds is 6. The molecule has 0 spiro atoms. The summed E-state index contributed by atoms with van der Waals surface area (Å²) in [7, 11) is 0. The lowest BCUT2D eigenvalue weighted by Crippen LogP contribution is -1.92. The van der Waals surface area contributed by atoms with Gasteiger partial charge in [-0.1, -0.05) is 111 Å². The molecule has 132 valence electrons. The van der Waals surface area contributed by atoms with Gasteiger partial charge in [0.1, 0.15) is 0 Å². The molecule has 0 amide bonds. The Morgan fingerprint density at radius 3 is 1.46 bits per heavy atom. The van der Waals surface area contributed by atoms with E-state index in [1.165, 1.54) is 24.0 Å². The fourth-order valence-corrected chi connectivity index (χ4v) is 2.65. The van der Waals surface area contributed by atoms with Gasteiger partial charge in [-0.3, -0.25) is 0 Å². The van der Waals surface area contributed by atoms with Crippen molar-refractivity contribution in [1.29, 1.82) is 0 Å². The molecule has 26 heavy (non-hydrogen) atoms. The number of hydrogen-bond donors (Lipinski definition) is 0. The Morgan fingerprint density at radius 2 is 1.08 bits per heavy atom. The summed E-state index contributed by atoms with van der Waals surface area (Å²) in [5, 5.41) is 0. The summed E-state index contributed by atoms with van der Waals surface area (Å²) in [5.41, 5.74) is 4.42. The summed E-state index contributed by atoms with van der Waals surface area (Å²) in [6.07, 6.45) is 6.45. The Labute approximate surface area is 159 Å². The van der Waals surface area contributed by atoms with Gasteiger partial charge < -0.3 is 0 Å². The first-order valence-electron chi connectivity index (χ1n) is 9.69. The topological polar surface area (TPSA) is 0 Å². The van der Waals surface area contributed by atoms with Gasteiger partial charge in [0.05, 0.1) is 5.57 Å². The van der Waals surface area contributed by atoms with Gasteiger partial charge in [-0.05, 0) is 24.0 Å². The normalized spacial score (nSPS) is 9.46. The number of allylic oxidation sites excluding steroid dienone is 1. The van der Waals surface area contributed by atoms with Crippen LogP contribution in [-0.4, -0.2) is 0 Å². The van der Waals surface area contributed by atoms with Gasteiger partial charge >= 0.3 is 0 Å². The summed E-state index contributed by atoms with van der Waals surface area (Å²) < 4.78 is 0. The van der Waals surface area contributed by atoms with E-state index in [0.29, 0.717) is 0 Å². The molecule has 0 saturated heterocycles. The first kappa shape index (κ1) is 19.6. The molecule has 0 radical (unpaired) electrons. The predicted octanol–water partition coefficient (Wildman–Crippen LogP) is 6.88. The van der Waals surface area contributed by atoms with Crippen LogP contribution in [0, 0.1) is 23.7 Å². The first-order chi connectivity index (χ1) is 12.9. The number of unbranched alkanes of at least 4 members (excludes halogenated alkanes) is 4. The van der Waals surface area contributed by atoms with E-state index in [2.05, 4.69) is 86.1 Å². The highest BCUT2D eigenvalue weighted by Crippen LogP contribution is 2.26. The van der Waals surface area contributed by atoms with Crippen LogP contribution in [0.3, 0.4) is 0 Å². The average molecular weight is 341 g/mol. The molecule has 0 saturated carbocycles. The van der Waals surface area contributed by atoms with Crippen LogP contribution in [0.5, 0.6) is 0 Å². The number of hydrogen-bond acceptors (Lipinski definition) is 0. The van der Waals surface area contributed by atoms with Gasteiger partial charge in [0.15, 0.2) is 0 Å². The van der Waals surface area contributed by atoms with E-state index in [0.717, 1.165) is 36.8 Å². The monoisotopic (exact) mass is 340 g/mol. The molecule has 0 nitrogen and oxygen atoms in total. The fourth-order valence-electron chi connectivity index (χ4n) is 2.65. The molecule has 0 aromatic heterocycles. The van der Waals surface area contributed by atoms with Crippen molar-refractivity contribution in [2.24, 2.45) is 0 Å². The van der Waals surface area contributed by atoms with E-state index in [1.54, 1.807) is 0 Å². The lowest BCUT2D eigenvalue weighted by molar-refractivity contribution is 0.827.